The lowest BCUT2D eigenvalue weighted by molar-refractivity contribution is -0.00521. The zero-order valence-electron chi connectivity index (χ0n) is 19.1. The first-order chi connectivity index (χ1) is 14.0. The van der Waals surface area contributed by atoms with Crippen LogP contribution >= 0.6 is 0 Å². The van der Waals surface area contributed by atoms with Crippen molar-refractivity contribution in [2.75, 3.05) is 29.9 Å². The molecular weight excluding hydrogens is 398 g/mol. The number of ether oxygens (including phenoxy) is 1. The number of hydrogen-bond donors (Lipinski definition) is 2. The summed E-state index contributed by atoms with van der Waals surface area (Å²) in [7, 11) is -3.27. The van der Waals surface area contributed by atoms with Crippen LogP contribution < -0.4 is 14.9 Å². The molecule has 30 heavy (non-hydrogen) atoms. The zero-order valence-corrected chi connectivity index (χ0v) is 20.0. The molecule has 1 aromatic rings. The Bertz CT molecular complexity index is 771. The second kappa shape index (κ2) is 9.45. The van der Waals surface area contributed by atoms with Gasteiger partial charge in [-0.2, -0.15) is 0 Å². The number of rotatable bonds is 6. The van der Waals surface area contributed by atoms with E-state index in [0.717, 1.165) is 51.0 Å². The van der Waals surface area contributed by atoms with Crippen molar-refractivity contribution in [3.05, 3.63) is 24.3 Å². The third-order valence-electron chi connectivity index (χ3n) is 6.22. The van der Waals surface area contributed by atoms with Gasteiger partial charge in [0.15, 0.2) is 0 Å². The molecule has 1 aromatic carbocycles. The molecule has 3 rings (SSSR count). The van der Waals surface area contributed by atoms with Crippen molar-refractivity contribution < 1.29 is 13.2 Å². The molecule has 2 fully saturated rings. The van der Waals surface area contributed by atoms with Gasteiger partial charge in [0, 0.05) is 37.1 Å². The first-order valence-corrected chi connectivity index (χ1v) is 12.8. The van der Waals surface area contributed by atoms with Gasteiger partial charge in [0.2, 0.25) is 10.0 Å². The molecule has 7 heteroatoms. The fraction of sp³-hybridized carbons (Fsp3) is 0.739. The van der Waals surface area contributed by atoms with Gasteiger partial charge < -0.3 is 15.0 Å². The minimum Gasteiger partial charge on any atom is -0.385 e. The van der Waals surface area contributed by atoms with Crippen molar-refractivity contribution in [2.45, 2.75) is 83.3 Å². The summed E-state index contributed by atoms with van der Waals surface area (Å²) < 4.78 is 32.7. The number of hydrogen-bond acceptors (Lipinski definition) is 5. The molecule has 1 aliphatic heterocycles. The van der Waals surface area contributed by atoms with Crippen LogP contribution in [0.15, 0.2) is 24.3 Å². The van der Waals surface area contributed by atoms with Crippen LogP contribution in [0.2, 0.25) is 0 Å². The van der Waals surface area contributed by atoms with Crippen molar-refractivity contribution in [2.24, 2.45) is 5.92 Å². The summed E-state index contributed by atoms with van der Waals surface area (Å²) in [5.41, 5.74) is 2.39. The summed E-state index contributed by atoms with van der Waals surface area (Å²) in [6, 6.07) is 8.76. The Morgan fingerprint density at radius 1 is 1.00 bits per heavy atom. The van der Waals surface area contributed by atoms with E-state index in [0.29, 0.717) is 5.92 Å². The first-order valence-electron chi connectivity index (χ1n) is 11.3. The van der Waals surface area contributed by atoms with Crippen LogP contribution in [0.5, 0.6) is 0 Å². The second-order valence-corrected chi connectivity index (χ2v) is 12.5. The number of nitrogens with zero attached hydrogens (tertiary/aromatic N) is 1. The lowest BCUT2D eigenvalue weighted by Gasteiger charge is -2.37. The van der Waals surface area contributed by atoms with Crippen LogP contribution in [-0.2, 0) is 14.8 Å². The van der Waals surface area contributed by atoms with E-state index in [-0.39, 0.29) is 18.2 Å². The molecule has 2 aliphatic rings. The van der Waals surface area contributed by atoms with E-state index < -0.39 is 14.8 Å². The molecule has 0 bridgehead atoms. The van der Waals surface area contributed by atoms with Gasteiger partial charge >= 0.3 is 0 Å². The summed E-state index contributed by atoms with van der Waals surface area (Å²) in [5, 5.41) is 3.57. The average Bonchev–Trinajstić information content (AvgIpc) is 2.66. The van der Waals surface area contributed by atoms with Crippen LogP contribution in [0.25, 0.3) is 0 Å². The Labute approximate surface area is 182 Å². The van der Waals surface area contributed by atoms with Crippen LogP contribution in [0.4, 0.5) is 11.4 Å². The minimum atomic E-state index is -3.27. The zero-order chi connectivity index (χ0) is 21.9. The molecule has 6 nitrogen and oxygen atoms in total. The first kappa shape index (κ1) is 23.4. The van der Waals surface area contributed by atoms with Crippen LogP contribution in [0.3, 0.4) is 0 Å². The van der Waals surface area contributed by atoms with Crippen LogP contribution in [0.1, 0.15) is 60.3 Å². The van der Waals surface area contributed by atoms with Crippen molar-refractivity contribution in [1.82, 2.24) is 4.72 Å². The molecule has 1 aliphatic carbocycles. The molecular formula is C23H39N3O3S. The highest BCUT2D eigenvalue weighted by atomic mass is 32.2. The molecule has 0 radical (unpaired) electrons. The van der Waals surface area contributed by atoms with Gasteiger partial charge in [-0.25, -0.2) is 13.1 Å². The Morgan fingerprint density at radius 2 is 1.57 bits per heavy atom. The molecule has 2 atom stereocenters. The highest BCUT2D eigenvalue weighted by Crippen LogP contribution is 2.27. The number of sulfonamides is 1. The fourth-order valence-corrected chi connectivity index (χ4v) is 5.35. The predicted molar refractivity (Wildman–Crippen MR) is 125 cm³/mol. The predicted octanol–water partition coefficient (Wildman–Crippen LogP) is 3.99. The number of nitrogens with one attached hydrogen (secondary N) is 2. The van der Waals surface area contributed by atoms with Gasteiger partial charge in [-0.1, -0.05) is 0 Å². The fourth-order valence-electron chi connectivity index (χ4n) is 4.32. The quantitative estimate of drug-likeness (QED) is 0.704. The monoisotopic (exact) mass is 437 g/mol. The molecule has 1 heterocycles. The maximum absolute atomic E-state index is 12.4. The van der Waals surface area contributed by atoms with Crippen LogP contribution in [-0.4, -0.2) is 51.0 Å². The van der Waals surface area contributed by atoms with Gasteiger partial charge in [-0.05, 0) is 90.5 Å². The van der Waals surface area contributed by atoms with Gasteiger partial charge in [0.1, 0.15) is 0 Å². The Balaban J connectivity index is 1.44. The SMILES string of the molecule is C[C@@H]1CN(c2ccc(NC[C@H]3CC[C@H](NS(=O)(=O)C(C)(C)C)CC3)cc2)C[C@@H](C)O1. The van der Waals surface area contributed by atoms with Crippen molar-refractivity contribution in [3.8, 4) is 0 Å². The van der Waals surface area contributed by atoms with Gasteiger partial charge in [-0.3, -0.25) is 0 Å². The topological polar surface area (TPSA) is 70.7 Å². The maximum Gasteiger partial charge on any atom is 0.216 e. The maximum atomic E-state index is 12.4. The van der Waals surface area contributed by atoms with Gasteiger partial charge in [-0.15, -0.1) is 0 Å². The average molecular weight is 438 g/mol. The van der Waals surface area contributed by atoms with E-state index in [1.807, 2.05) is 0 Å². The Kier molecular flexibility index (Phi) is 7.36. The van der Waals surface area contributed by atoms with Gasteiger partial charge in [0.25, 0.3) is 0 Å². The third-order valence-corrected chi connectivity index (χ3v) is 8.48. The standard InChI is InChI=1S/C23H39N3O3S/c1-17-15-26(16-18(2)29-17)22-12-10-20(11-13-22)24-14-19-6-8-21(9-7-19)25-30(27,28)23(3,4)5/h10-13,17-19,21,24-25H,6-9,14-16H2,1-5H3/t17-,18-,19-,21-/m1/s1. The number of benzene rings is 1. The minimum absolute atomic E-state index is 0.0723. The number of morpholine rings is 1. The molecule has 1 saturated carbocycles. The number of anilines is 2. The van der Waals surface area contributed by atoms with E-state index in [1.54, 1.807) is 20.8 Å². The highest BCUT2D eigenvalue weighted by molar-refractivity contribution is 7.90. The van der Waals surface area contributed by atoms with Crippen molar-refractivity contribution in [3.63, 3.8) is 0 Å². The Hall–Kier alpha value is -1.31. The smallest absolute Gasteiger partial charge is 0.216 e. The summed E-state index contributed by atoms with van der Waals surface area (Å²) >= 11 is 0. The summed E-state index contributed by atoms with van der Waals surface area (Å²) in [6.45, 7) is 12.3. The lowest BCUT2D eigenvalue weighted by atomic mass is 9.86. The molecule has 1 saturated heterocycles. The van der Waals surface area contributed by atoms with Crippen molar-refractivity contribution in [1.29, 1.82) is 0 Å². The normalized spacial score (nSPS) is 28.4. The summed E-state index contributed by atoms with van der Waals surface area (Å²) in [5.74, 6) is 0.584. The molecule has 170 valence electrons. The Morgan fingerprint density at radius 3 is 2.10 bits per heavy atom. The summed E-state index contributed by atoms with van der Waals surface area (Å²) in [6.07, 6.45) is 4.43. The van der Waals surface area contributed by atoms with Crippen molar-refractivity contribution >= 4 is 21.4 Å². The van der Waals surface area contributed by atoms with Gasteiger partial charge in [0.05, 0.1) is 17.0 Å². The third kappa shape index (κ3) is 6.11. The van der Waals surface area contributed by atoms with Crippen LogP contribution in [0, 0.1) is 5.92 Å². The van der Waals surface area contributed by atoms with E-state index in [1.165, 1.54) is 5.69 Å². The second-order valence-electron chi connectivity index (χ2n) is 10.0. The summed E-state index contributed by atoms with van der Waals surface area (Å²) in [4.78, 5) is 2.39. The van der Waals surface area contributed by atoms with E-state index in [2.05, 4.69) is 53.1 Å². The highest BCUT2D eigenvalue weighted by Gasteiger charge is 2.32. The lowest BCUT2D eigenvalue weighted by Crippen LogP contribution is -2.46. The van der Waals surface area contributed by atoms with E-state index in [4.69, 9.17) is 4.74 Å². The molecule has 2 N–H and O–H groups in total. The largest absolute Gasteiger partial charge is 0.385 e. The molecule has 0 amide bonds. The molecule has 0 spiro atoms. The van der Waals surface area contributed by atoms with E-state index in [9.17, 15) is 8.42 Å². The molecule has 0 aromatic heterocycles. The molecule has 0 unspecified atom stereocenters. The van der Waals surface area contributed by atoms with E-state index >= 15 is 0 Å².